The minimum absolute atomic E-state index is 0.211. The third-order valence-corrected chi connectivity index (χ3v) is 5.64. The van der Waals surface area contributed by atoms with E-state index >= 15 is 0 Å². The van der Waals surface area contributed by atoms with Crippen LogP contribution in [0.5, 0.6) is 0 Å². The van der Waals surface area contributed by atoms with Crippen LogP contribution in [0.1, 0.15) is 58.0 Å². The highest BCUT2D eigenvalue weighted by molar-refractivity contribution is 6.06. The van der Waals surface area contributed by atoms with Gasteiger partial charge >= 0.3 is 5.97 Å². The van der Waals surface area contributed by atoms with Crippen molar-refractivity contribution < 1.29 is 19.1 Å². The van der Waals surface area contributed by atoms with Gasteiger partial charge in [0.15, 0.2) is 6.61 Å². The van der Waals surface area contributed by atoms with E-state index in [4.69, 9.17) is 4.74 Å². The molecule has 1 heterocycles. The number of benzene rings is 2. The number of carbonyl (C=O) groups excluding carboxylic acids is 3. The Labute approximate surface area is 185 Å². The molecule has 0 atom stereocenters. The van der Waals surface area contributed by atoms with Gasteiger partial charge in [0.25, 0.3) is 11.8 Å². The van der Waals surface area contributed by atoms with Crippen molar-refractivity contribution in [1.29, 1.82) is 0 Å². The van der Waals surface area contributed by atoms with Crippen LogP contribution in [0, 0.1) is 0 Å². The van der Waals surface area contributed by atoms with Gasteiger partial charge in [-0.15, -0.1) is 0 Å². The molecule has 2 aromatic carbocycles. The fourth-order valence-electron chi connectivity index (χ4n) is 3.63. The van der Waals surface area contributed by atoms with Crippen LogP contribution in [0.3, 0.4) is 0 Å². The third-order valence-electron chi connectivity index (χ3n) is 5.64. The summed E-state index contributed by atoms with van der Waals surface area (Å²) in [6.07, 6.45) is 4.08. The number of carbonyl (C=O) groups is 3. The van der Waals surface area contributed by atoms with Crippen LogP contribution in [0.15, 0.2) is 54.6 Å². The van der Waals surface area contributed by atoms with Gasteiger partial charge in [-0.2, -0.15) is 0 Å². The van der Waals surface area contributed by atoms with Gasteiger partial charge in [0.2, 0.25) is 0 Å². The van der Waals surface area contributed by atoms with Crippen molar-refractivity contribution in [2.75, 3.05) is 11.9 Å². The van der Waals surface area contributed by atoms with E-state index in [9.17, 15) is 14.4 Å². The average molecular weight is 429 g/mol. The predicted molar refractivity (Wildman–Crippen MR) is 120 cm³/mol. The molecule has 7 heteroatoms. The first-order valence-corrected chi connectivity index (χ1v) is 10.8. The maximum absolute atomic E-state index is 12.8. The number of hydrogen-bond acceptors (Lipinski definition) is 5. The van der Waals surface area contributed by atoms with Crippen LogP contribution in [-0.4, -0.2) is 35.4 Å². The second kappa shape index (κ2) is 8.42. The first-order valence-electron chi connectivity index (χ1n) is 10.8. The first-order chi connectivity index (χ1) is 15.6. The number of anilines is 1. The van der Waals surface area contributed by atoms with Gasteiger partial charge in [0.05, 0.1) is 22.3 Å². The number of aromatic nitrogens is 1. The topological polar surface area (TPSA) is 97.4 Å². The molecule has 2 aliphatic carbocycles. The van der Waals surface area contributed by atoms with E-state index < -0.39 is 18.5 Å². The second-order valence-corrected chi connectivity index (χ2v) is 8.30. The summed E-state index contributed by atoms with van der Waals surface area (Å²) >= 11 is 0. The molecule has 0 spiro atoms. The van der Waals surface area contributed by atoms with Crippen molar-refractivity contribution >= 4 is 34.4 Å². The highest BCUT2D eigenvalue weighted by atomic mass is 16.5. The van der Waals surface area contributed by atoms with Gasteiger partial charge in [-0.25, -0.2) is 4.79 Å². The summed E-state index contributed by atoms with van der Waals surface area (Å²) in [5, 5.41) is 6.29. The summed E-state index contributed by atoms with van der Waals surface area (Å²) < 4.78 is 5.32. The molecule has 1 aromatic heterocycles. The Morgan fingerprint density at radius 2 is 1.69 bits per heavy atom. The first kappa shape index (κ1) is 20.2. The number of para-hydroxylation sites is 2. The Morgan fingerprint density at radius 1 is 0.938 bits per heavy atom. The molecule has 32 heavy (non-hydrogen) atoms. The Hall–Kier alpha value is -3.74. The highest BCUT2D eigenvalue weighted by Gasteiger charge is 2.28. The Bertz CT molecular complexity index is 1210. The SMILES string of the molecule is O=C(COC(=O)c1cc(C2CC2)nc2ccccc12)Nc1ccccc1C(=O)NC1CC1. The smallest absolute Gasteiger partial charge is 0.339 e. The number of ether oxygens (including phenoxy) is 1. The van der Waals surface area contributed by atoms with E-state index in [0.717, 1.165) is 36.9 Å². The molecule has 7 nitrogen and oxygen atoms in total. The molecule has 0 radical (unpaired) electrons. The lowest BCUT2D eigenvalue weighted by Crippen LogP contribution is -2.28. The number of rotatable bonds is 7. The Balaban J connectivity index is 1.27. The zero-order valence-electron chi connectivity index (χ0n) is 17.5. The summed E-state index contributed by atoms with van der Waals surface area (Å²) in [7, 11) is 0. The highest BCUT2D eigenvalue weighted by Crippen LogP contribution is 2.40. The number of amides is 2. The van der Waals surface area contributed by atoms with Crippen LogP contribution in [0.2, 0.25) is 0 Å². The molecule has 2 amide bonds. The standard InChI is InChI=1S/C25H23N3O4/c29-23(28-21-8-4-2-6-18(21)24(30)26-16-11-12-16)14-32-25(31)19-13-22(15-9-10-15)27-20-7-3-1-5-17(19)20/h1-8,13,15-16H,9-12,14H2,(H,26,30)(H,28,29). The van der Waals surface area contributed by atoms with Gasteiger partial charge < -0.3 is 15.4 Å². The lowest BCUT2D eigenvalue weighted by atomic mass is 10.1. The van der Waals surface area contributed by atoms with Crippen molar-refractivity contribution in [3.8, 4) is 0 Å². The molecular weight excluding hydrogens is 406 g/mol. The molecule has 0 bridgehead atoms. The molecule has 162 valence electrons. The summed E-state index contributed by atoms with van der Waals surface area (Å²) in [6, 6.07) is 16.2. The number of nitrogens with one attached hydrogen (secondary N) is 2. The molecule has 0 saturated heterocycles. The van der Waals surface area contributed by atoms with Gasteiger partial charge in [-0.3, -0.25) is 14.6 Å². The monoisotopic (exact) mass is 429 g/mol. The van der Waals surface area contributed by atoms with Crippen molar-refractivity contribution in [3.63, 3.8) is 0 Å². The molecular formula is C25H23N3O4. The molecule has 5 rings (SSSR count). The van der Waals surface area contributed by atoms with E-state index in [-0.39, 0.29) is 11.9 Å². The minimum atomic E-state index is -0.569. The van der Waals surface area contributed by atoms with Crippen LogP contribution in [0.25, 0.3) is 10.9 Å². The van der Waals surface area contributed by atoms with E-state index in [1.165, 1.54) is 0 Å². The zero-order chi connectivity index (χ0) is 22.1. The quantitative estimate of drug-likeness (QED) is 0.557. The number of nitrogens with zero attached hydrogens (tertiary/aromatic N) is 1. The van der Waals surface area contributed by atoms with Crippen molar-refractivity contribution in [1.82, 2.24) is 10.3 Å². The number of esters is 1. The lowest BCUT2D eigenvalue weighted by molar-refractivity contribution is -0.119. The molecule has 3 aromatic rings. The maximum Gasteiger partial charge on any atom is 0.339 e. The lowest BCUT2D eigenvalue weighted by Gasteiger charge is -2.12. The largest absolute Gasteiger partial charge is 0.452 e. The Kier molecular flexibility index (Phi) is 5.31. The van der Waals surface area contributed by atoms with E-state index in [1.54, 1.807) is 30.3 Å². The molecule has 2 aliphatic rings. The molecule has 2 N–H and O–H groups in total. The van der Waals surface area contributed by atoms with Crippen molar-refractivity contribution in [2.24, 2.45) is 0 Å². The normalized spacial score (nSPS) is 15.2. The zero-order valence-corrected chi connectivity index (χ0v) is 17.5. The van der Waals surface area contributed by atoms with Gasteiger partial charge in [-0.05, 0) is 49.9 Å². The van der Waals surface area contributed by atoms with Gasteiger partial charge in [0, 0.05) is 23.0 Å². The van der Waals surface area contributed by atoms with Crippen molar-refractivity contribution in [2.45, 2.75) is 37.6 Å². The number of hydrogen-bond donors (Lipinski definition) is 2. The van der Waals surface area contributed by atoms with Crippen LogP contribution >= 0.6 is 0 Å². The fraction of sp³-hybridized carbons (Fsp3) is 0.280. The second-order valence-electron chi connectivity index (χ2n) is 8.30. The summed E-state index contributed by atoms with van der Waals surface area (Å²) in [4.78, 5) is 42.4. The number of fused-ring (bicyclic) bond motifs is 1. The minimum Gasteiger partial charge on any atom is -0.452 e. The Morgan fingerprint density at radius 3 is 2.47 bits per heavy atom. The van der Waals surface area contributed by atoms with Gasteiger partial charge in [-0.1, -0.05) is 30.3 Å². The van der Waals surface area contributed by atoms with Crippen LogP contribution in [-0.2, 0) is 9.53 Å². The molecule has 0 unspecified atom stereocenters. The third kappa shape index (κ3) is 4.46. The van der Waals surface area contributed by atoms with Crippen molar-refractivity contribution in [3.05, 3.63) is 71.4 Å². The average Bonchev–Trinajstić information content (AvgIpc) is 3.72. The molecule has 2 saturated carbocycles. The van der Waals surface area contributed by atoms with Crippen LogP contribution in [0.4, 0.5) is 5.69 Å². The maximum atomic E-state index is 12.8. The summed E-state index contributed by atoms with van der Waals surface area (Å²) in [5.74, 6) is -0.921. The van der Waals surface area contributed by atoms with Crippen LogP contribution < -0.4 is 10.6 Å². The van der Waals surface area contributed by atoms with E-state index in [0.29, 0.717) is 28.1 Å². The predicted octanol–water partition coefficient (Wildman–Crippen LogP) is 3.80. The fourth-order valence-corrected chi connectivity index (χ4v) is 3.63. The van der Waals surface area contributed by atoms with E-state index in [2.05, 4.69) is 15.6 Å². The number of pyridine rings is 1. The molecule has 2 fully saturated rings. The van der Waals surface area contributed by atoms with E-state index in [1.807, 2.05) is 24.3 Å². The summed E-state index contributed by atoms with van der Waals surface area (Å²) in [5.41, 5.74) is 2.81. The molecule has 0 aliphatic heterocycles. The van der Waals surface area contributed by atoms with Gasteiger partial charge in [0.1, 0.15) is 0 Å². The summed E-state index contributed by atoms with van der Waals surface area (Å²) in [6.45, 7) is -0.452.